The second-order valence-electron chi connectivity index (χ2n) is 6.27. The van der Waals surface area contributed by atoms with E-state index in [1.165, 1.54) is 6.08 Å². The first-order chi connectivity index (χ1) is 14.2. The molecule has 2 aromatic heterocycles. The summed E-state index contributed by atoms with van der Waals surface area (Å²) in [6, 6.07) is 14.9. The second kappa shape index (κ2) is 7.63. The van der Waals surface area contributed by atoms with Crippen LogP contribution < -0.4 is 10.5 Å². The Bertz CT molecular complexity index is 1230. The van der Waals surface area contributed by atoms with Crippen LogP contribution in [0.25, 0.3) is 27.9 Å². The minimum absolute atomic E-state index is 0.0709. The highest BCUT2D eigenvalue weighted by Crippen LogP contribution is 2.34. The Labute approximate surface area is 167 Å². The Morgan fingerprint density at radius 3 is 2.55 bits per heavy atom. The van der Waals surface area contributed by atoms with Crippen molar-refractivity contribution in [2.24, 2.45) is 0 Å². The molecule has 7 heteroatoms. The van der Waals surface area contributed by atoms with Crippen molar-refractivity contribution in [3.8, 4) is 11.4 Å². The molecule has 29 heavy (non-hydrogen) atoms. The quantitative estimate of drug-likeness (QED) is 0.398. The van der Waals surface area contributed by atoms with Gasteiger partial charge in [-0.2, -0.15) is 0 Å². The minimum Gasteiger partial charge on any atom is -0.492 e. The van der Waals surface area contributed by atoms with Gasteiger partial charge in [0.2, 0.25) is 0 Å². The van der Waals surface area contributed by atoms with E-state index in [-0.39, 0.29) is 18.0 Å². The average Bonchev–Trinajstić information content (AvgIpc) is 3.01. The standard InChI is InChI=1S/C22H20N4O3/c1-3-13-29-22(27)18-19-21(25-15-10-6-5-9-14(15)24-19)26(20(18)23)16-11-7-8-12-17(16)28-4-2/h3,5-12H,1,4,13,23H2,2H3. The van der Waals surface area contributed by atoms with E-state index in [1.54, 1.807) is 4.57 Å². The predicted octanol–water partition coefficient (Wildman–Crippen LogP) is 3.90. The Morgan fingerprint density at radius 1 is 1.14 bits per heavy atom. The van der Waals surface area contributed by atoms with Gasteiger partial charge in [0.05, 0.1) is 23.3 Å². The molecular formula is C22H20N4O3. The number of rotatable bonds is 6. The minimum atomic E-state index is -0.579. The first-order valence-corrected chi connectivity index (χ1v) is 9.22. The lowest BCUT2D eigenvalue weighted by atomic mass is 10.2. The molecule has 0 aliphatic carbocycles. The number of esters is 1. The highest BCUT2D eigenvalue weighted by molar-refractivity contribution is 6.09. The number of fused-ring (bicyclic) bond motifs is 2. The van der Waals surface area contributed by atoms with Gasteiger partial charge in [-0.05, 0) is 31.2 Å². The molecule has 146 valence electrons. The number of anilines is 1. The maximum absolute atomic E-state index is 12.8. The predicted molar refractivity (Wildman–Crippen MR) is 112 cm³/mol. The zero-order valence-electron chi connectivity index (χ0n) is 16.0. The van der Waals surface area contributed by atoms with Crippen molar-refractivity contribution in [2.45, 2.75) is 6.92 Å². The lowest BCUT2D eigenvalue weighted by Crippen LogP contribution is -2.10. The lowest BCUT2D eigenvalue weighted by molar-refractivity contribution is 0.0553. The van der Waals surface area contributed by atoms with Gasteiger partial charge in [-0.1, -0.05) is 36.9 Å². The van der Waals surface area contributed by atoms with Gasteiger partial charge in [0, 0.05) is 0 Å². The third-order valence-electron chi connectivity index (χ3n) is 4.44. The maximum Gasteiger partial charge on any atom is 0.344 e. The van der Waals surface area contributed by atoms with Crippen LogP contribution in [0.5, 0.6) is 5.75 Å². The number of hydrogen-bond donors (Lipinski definition) is 1. The summed E-state index contributed by atoms with van der Waals surface area (Å²) in [6.45, 7) is 6.04. The summed E-state index contributed by atoms with van der Waals surface area (Å²) in [6.07, 6.45) is 1.50. The molecule has 0 fully saturated rings. The van der Waals surface area contributed by atoms with Gasteiger partial charge in [-0.3, -0.25) is 4.57 Å². The first-order valence-electron chi connectivity index (χ1n) is 9.22. The summed E-state index contributed by atoms with van der Waals surface area (Å²) in [5.74, 6) is 0.237. The van der Waals surface area contributed by atoms with Gasteiger partial charge in [-0.15, -0.1) is 0 Å². The van der Waals surface area contributed by atoms with Crippen molar-refractivity contribution in [1.82, 2.24) is 14.5 Å². The largest absolute Gasteiger partial charge is 0.492 e. The van der Waals surface area contributed by atoms with Crippen LogP contribution in [0.2, 0.25) is 0 Å². The smallest absolute Gasteiger partial charge is 0.344 e. The number of ether oxygens (including phenoxy) is 2. The van der Waals surface area contributed by atoms with E-state index in [9.17, 15) is 4.79 Å². The van der Waals surface area contributed by atoms with Crippen LogP contribution in [0.1, 0.15) is 17.3 Å². The highest BCUT2D eigenvalue weighted by Gasteiger charge is 2.26. The molecule has 0 aliphatic rings. The molecule has 0 amide bonds. The van der Waals surface area contributed by atoms with Crippen LogP contribution in [-0.2, 0) is 4.74 Å². The van der Waals surface area contributed by atoms with Crippen LogP contribution >= 0.6 is 0 Å². The Kier molecular flexibility index (Phi) is 4.87. The number of benzene rings is 2. The first kappa shape index (κ1) is 18.5. The van der Waals surface area contributed by atoms with Crippen molar-refractivity contribution in [2.75, 3.05) is 18.9 Å². The summed E-state index contributed by atoms with van der Waals surface area (Å²) in [5.41, 5.74) is 9.48. The molecular weight excluding hydrogens is 368 g/mol. The number of aromatic nitrogens is 3. The van der Waals surface area contributed by atoms with E-state index in [0.29, 0.717) is 40.2 Å². The van der Waals surface area contributed by atoms with Gasteiger partial charge >= 0.3 is 5.97 Å². The van der Waals surface area contributed by atoms with Gasteiger partial charge < -0.3 is 15.2 Å². The lowest BCUT2D eigenvalue weighted by Gasteiger charge is -2.13. The van der Waals surface area contributed by atoms with Gasteiger partial charge in [-0.25, -0.2) is 14.8 Å². The zero-order chi connectivity index (χ0) is 20.4. The summed E-state index contributed by atoms with van der Waals surface area (Å²) in [5, 5.41) is 0. The van der Waals surface area contributed by atoms with Crippen molar-refractivity contribution >= 4 is 34.0 Å². The SMILES string of the molecule is C=CCOC(=O)c1c(N)n(-c2ccccc2OCC)c2nc3ccccc3nc12. The van der Waals surface area contributed by atoms with E-state index in [2.05, 4.69) is 11.6 Å². The summed E-state index contributed by atoms with van der Waals surface area (Å²) < 4.78 is 12.7. The summed E-state index contributed by atoms with van der Waals surface area (Å²) >= 11 is 0. The van der Waals surface area contributed by atoms with Crippen LogP contribution in [0.3, 0.4) is 0 Å². The fourth-order valence-corrected chi connectivity index (χ4v) is 3.23. The van der Waals surface area contributed by atoms with Crippen molar-refractivity contribution in [3.63, 3.8) is 0 Å². The van der Waals surface area contributed by atoms with Gasteiger partial charge in [0.15, 0.2) is 5.65 Å². The molecule has 0 aliphatic heterocycles. The maximum atomic E-state index is 12.8. The summed E-state index contributed by atoms with van der Waals surface area (Å²) in [7, 11) is 0. The van der Waals surface area contributed by atoms with Gasteiger partial charge in [0.25, 0.3) is 0 Å². The van der Waals surface area contributed by atoms with Crippen molar-refractivity contribution in [3.05, 3.63) is 66.7 Å². The molecule has 4 aromatic rings. The van der Waals surface area contributed by atoms with Crippen molar-refractivity contribution < 1.29 is 14.3 Å². The van der Waals surface area contributed by atoms with Crippen LogP contribution in [0, 0.1) is 0 Å². The highest BCUT2D eigenvalue weighted by atomic mass is 16.5. The molecule has 2 aromatic carbocycles. The molecule has 2 N–H and O–H groups in total. The summed E-state index contributed by atoms with van der Waals surface area (Å²) in [4.78, 5) is 22.2. The van der Waals surface area contributed by atoms with Gasteiger partial charge in [0.1, 0.15) is 29.3 Å². The number of para-hydroxylation sites is 4. The Balaban J connectivity index is 2.06. The second-order valence-corrected chi connectivity index (χ2v) is 6.27. The van der Waals surface area contributed by atoms with Crippen LogP contribution in [0.15, 0.2) is 61.2 Å². The molecule has 0 atom stereocenters. The fourth-order valence-electron chi connectivity index (χ4n) is 3.23. The van der Waals surface area contributed by atoms with E-state index in [4.69, 9.17) is 20.2 Å². The molecule has 0 bridgehead atoms. The number of nitrogens with zero attached hydrogens (tertiary/aromatic N) is 3. The topological polar surface area (TPSA) is 92.3 Å². The molecule has 2 heterocycles. The third kappa shape index (κ3) is 3.16. The van der Waals surface area contributed by atoms with Crippen LogP contribution in [0.4, 0.5) is 5.82 Å². The third-order valence-corrected chi connectivity index (χ3v) is 4.44. The number of hydrogen-bond acceptors (Lipinski definition) is 6. The Morgan fingerprint density at radius 2 is 1.83 bits per heavy atom. The number of nitrogen functional groups attached to an aromatic ring is 1. The molecule has 0 unspecified atom stereocenters. The number of carbonyl (C=O) groups is 1. The molecule has 4 rings (SSSR count). The zero-order valence-corrected chi connectivity index (χ0v) is 16.0. The van der Waals surface area contributed by atoms with Crippen molar-refractivity contribution in [1.29, 1.82) is 0 Å². The molecule has 0 radical (unpaired) electrons. The number of nitrogens with two attached hydrogens (primary N) is 1. The Hall–Kier alpha value is -3.87. The van der Waals surface area contributed by atoms with E-state index < -0.39 is 5.97 Å². The average molecular weight is 388 g/mol. The molecule has 0 saturated carbocycles. The molecule has 0 saturated heterocycles. The monoisotopic (exact) mass is 388 g/mol. The van der Waals surface area contributed by atoms with E-state index >= 15 is 0 Å². The fraction of sp³-hybridized carbons (Fsp3) is 0.136. The molecule has 0 spiro atoms. The van der Waals surface area contributed by atoms with E-state index in [0.717, 1.165) is 0 Å². The van der Waals surface area contributed by atoms with E-state index in [1.807, 2.05) is 55.5 Å². The molecule has 7 nitrogen and oxygen atoms in total. The normalized spacial score (nSPS) is 10.9. The van der Waals surface area contributed by atoms with Crippen LogP contribution in [-0.4, -0.2) is 33.7 Å². The number of carbonyl (C=O) groups excluding carboxylic acids is 1.